The standard InChI is InChI=1S/C14H14N2O3S/c1-8-4-5-10(6-9(8)2)12(17)16-14-15-7-11(20-14)13(18)19-3/h4-7H,1-3H3,(H,15,16,17). The number of anilines is 1. The highest BCUT2D eigenvalue weighted by atomic mass is 32.1. The van der Waals surface area contributed by atoms with Gasteiger partial charge in [0.15, 0.2) is 5.13 Å². The van der Waals surface area contributed by atoms with Crippen molar-refractivity contribution in [3.05, 3.63) is 46.0 Å². The second kappa shape index (κ2) is 5.83. The van der Waals surface area contributed by atoms with Gasteiger partial charge in [0.1, 0.15) is 4.88 Å². The van der Waals surface area contributed by atoms with Crippen LogP contribution in [0.3, 0.4) is 0 Å². The van der Waals surface area contributed by atoms with Crippen LogP contribution in [0.4, 0.5) is 5.13 Å². The zero-order valence-electron chi connectivity index (χ0n) is 11.4. The molecular weight excluding hydrogens is 276 g/mol. The van der Waals surface area contributed by atoms with Crippen LogP contribution in [0.5, 0.6) is 0 Å². The van der Waals surface area contributed by atoms with Gasteiger partial charge in [0.05, 0.1) is 13.3 Å². The van der Waals surface area contributed by atoms with Crippen molar-refractivity contribution in [1.82, 2.24) is 4.98 Å². The van der Waals surface area contributed by atoms with E-state index in [1.807, 2.05) is 26.0 Å². The van der Waals surface area contributed by atoms with E-state index >= 15 is 0 Å². The second-order valence-electron chi connectivity index (χ2n) is 4.27. The summed E-state index contributed by atoms with van der Waals surface area (Å²) in [6.07, 6.45) is 1.38. The number of hydrogen-bond acceptors (Lipinski definition) is 5. The largest absolute Gasteiger partial charge is 0.465 e. The molecule has 0 aliphatic heterocycles. The highest BCUT2D eigenvalue weighted by Crippen LogP contribution is 2.20. The van der Waals surface area contributed by atoms with Crippen molar-refractivity contribution in [2.24, 2.45) is 0 Å². The molecule has 0 aliphatic carbocycles. The van der Waals surface area contributed by atoms with E-state index in [1.54, 1.807) is 6.07 Å². The average molecular weight is 290 g/mol. The Morgan fingerprint density at radius 2 is 2.00 bits per heavy atom. The molecule has 0 radical (unpaired) electrons. The summed E-state index contributed by atoms with van der Waals surface area (Å²) in [7, 11) is 1.30. The molecule has 1 aromatic carbocycles. The highest BCUT2D eigenvalue weighted by molar-refractivity contribution is 7.17. The molecule has 104 valence electrons. The van der Waals surface area contributed by atoms with E-state index in [0.717, 1.165) is 22.5 Å². The Hall–Kier alpha value is -2.21. The van der Waals surface area contributed by atoms with Crippen molar-refractivity contribution in [2.45, 2.75) is 13.8 Å². The zero-order chi connectivity index (χ0) is 14.7. The molecule has 6 heteroatoms. The lowest BCUT2D eigenvalue weighted by Crippen LogP contribution is -2.11. The summed E-state index contributed by atoms with van der Waals surface area (Å²) >= 11 is 1.08. The fraction of sp³-hybridized carbons (Fsp3) is 0.214. The maximum Gasteiger partial charge on any atom is 0.349 e. The van der Waals surface area contributed by atoms with E-state index in [2.05, 4.69) is 15.0 Å². The summed E-state index contributed by atoms with van der Waals surface area (Å²) in [4.78, 5) is 27.7. The number of thiazole rings is 1. The fourth-order valence-corrected chi connectivity index (χ4v) is 2.31. The molecule has 0 saturated carbocycles. The van der Waals surface area contributed by atoms with Gasteiger partial charge < -0.3 is 4.74 Å². The van der Waals surface area contributed by atoms with Crippen LogP contribution in [0.25, 0.3) is 0 Å². The predicted octanol–water partition coefficient (Wildman–Crippen LogP) is 2.80. The number of nitrogens with zero attached hydrogens (tertiary/aromatic N) is 1. The Balaban J connectivity index is 2.13. The Kier molecular flexibility index (Phi) is 4.14. The minimum atomic E-state index is -0.464. The average Bonchev–Trinajstić information content (AvgIpc) is 2.89. The number of carbonyl (C=O) groups is 2. The lowest BCUT2D eigenvalue weighted by atomic mass is 10.1. The quantitative estimate of drug-likeness (QED) is 0.883. The summed E-state index contributed by atoms with van der Waals surface area (Å²) in [5.41, 5.74) is 2.73. The topological polar surface area (TPSA) is 68.3 Å². The first kappa shape index (κ1) is 14.2. The smallest absolute Gasteiger partial charge is 0.349 e. The molecule has 0 aliphatic rings. The summed E-state index contributed by atoms with van der Waals surface area (Å²) in [5.74, 6) is -0.715. The SMILES string of the molecule is COC(=O)c1cnc(NC(=O)c2ccc(C)c(C)c2)s1. The van der Waals surface area contributed by atoms with Crippen LogP contribution >= 0.6 is 11.3 Å². The van der Waals surface area contributed by atoms with Crippen LogP contribution in [0.1, 0.15) is 31.2 Å². The number of methoxy groups -OCH3 is 1. The third-order valence-corrected chi connectivity index (χ3v) is 3.77. The number of esters is 1. The Bertz CT molecular complexity index is 664. The molecule has 1 aromatic heterocycles. The molecule has 2 rings (SSSR count). The molecular formula is C14H14N2O3S. The van der Waals surface area contributed by atoms with Crippen LogP contribution in [-0.4, -0.2) is 24.0 Å². The van der Waals surface area contributed by atoms with Crippen LogP contribution in [0, 0.1) is 13.8 Å². The number of ether oxygens (including phenoxy) is 1. The monoisotopic (exact) mass is 290 g/mol. The summed E-state index contributed by atoms with van der Waals surface area (Å²) in [6, 6.07) is 5.47. The third-order valence-electron chi connectivity index (χ3n) is 2.88. The third kappa shape index (κ3) is 3.03. The first-order valence-electron chi connectivity index (χ1n) is 5.94. The number of benzene rings is 1. The molecule has 0 fully saturated rings. The van der Waals surface area contributed by atoms with Gasteiger partial charge in [-0.3, -0.25) is 10.1 Å². The molecule has 2 aromatic rings. The zero-order valence-corrected chi connectivity index (χ0v) is 12.2. The van der Waals surface area contributed by atoms with Crippen LogP contribution in [-0.2, 0) is 4.74 Å². The Morgan fingerprint density at radius 3 is 2.65 bits per heavy atom. The van der Waals surface area contributed by atoms with Crippen LogP contribution < -0.4 is 5.32 Å². The Labute approximate surface area is 120 Å². The van der Waals surface area contributed by atoms with E-state index in [4.69, 9.17) is 0 Å². The van der Waals surface area contributed by atoms with Crippen molar-refractivity contribution >= 4 is 28.3 Å². The van der Waals surface area contributed by atoms with Gasteiger partial charge >= 0.3 is 5.97 Å². The van der Waals surface area contributed by atoms with Gasteiger partial charge in [0, 0.05) is 5.56 Å². The molecule has 20 heavy (non-hydrogen) atoms. The van der Waals surface area contributed by atoms with Crippen molar-refractivity contribution in [1.29, 1.82) is 0 Å². The van der Waals surface area contributed by atoms with Gasteiger partial charge in [0.2, 0.25) is 0 Å². The van der Waals surface area contributed by atoms with Crippen molar-refractivity contribution < 1.29 is 14.3 Å². The maximum absolute atomic E-state index is 12.1. The molecule has 1 N–H and O–H groups in total. The van der Waals surface area contributed by atoms with Gasteiger partial charge in [0.25, 0.3) is 5.91 Å². The molecule has 0 saturated heterocycles. The lowest BCUT2D eigenvalue weighted by Gasteiger charge is -2.04. The summed E-state index contributed by atoms with van der Waals surface area (Å²) < 4.78 is 4.59. The first-order chi connectivity index (χ1) is 9.51. The van der Waals surface area contributed by atoms with E-state index < -0.39 is 5.97 Å². The van der Waals surface area contributed by atoms with Gasteiger partial charge in [-0.15, -0.1) is 0 Å². The normalized spacial score (nSPS) is 10.2. The molecule has 0 unspecified atom stereocenters. The molecule has 5 nitrogen and oxygen atoms in total. The predicted molar refractivity (Wildman–Crippen MR) is 77.3 cm³/mol. The van der Waals surface area contributed by atoms with Crippen LogP contribution in [0.15, 0.2) is 24.4 Å². The highest BCUT2D eigenvalue weighted by Gasteiger charge is 2.13. The number of aryl methyl sites for hydroxylation is 2. The summed E-state index contributed by atoms with van der Waals surface area (Å²) in [5, 5.41) is 3.03. The van der Waals surface area contributed by atoms with Gasteiger partial charge in [-0.05, 0) is 37.1 Å². The number of rotatable bonds is 3. The van der Waals surface area contributed by atoms with Crippen molar-refractivity contribution in [3.63, 3.8) is 0 Å². The minimum absolute atomic E-state index is 0.251. The van der Waals surface area contributed by atoms with Crippen molar-refractivity contribution in [3.8, 4) is 0 Å². The molecule has 1 heterocycles. The second-order valence-corrected chi connectivity index (χ2v) is 5.31. The first-order valence-corrected chi connectivity index (χ1v) is 6.75. The van der Waals surface area contributed by atoms with E-state index in [-0.39, 0.29) is 5.91 Å². The summed E-state index contributed by atoms with van der Waals surface area (Å²) in [6.45, 7) is 3.94. The number of hydrogen-bond donors (Lipinski definition) is 1. The van der Waals surface area contributed by atoms with Gasteiger partial charge in [-0.25, -0.2) is 9.78 Å². The lowest BCUT2D eigenvalue weighted by molar-refractivity contribution is 0.0606. The maximum atomic E-state index is 12.1. The fourth-order valence-electron chi connectivity index (χ4n) is 1.58. The van der Waals surface area contributed by atoms with Gasteiger partial charge in [-0.2, -0.15) is 0 Å². The molecule has 1 amide bonds. The minimum Gasteiger partial charge on any atom is -0.465 e. The van der Waals surface area contributed by atoms with E-state index in [1.165, 1.54) is 13.3 Å². The van der Waals surface area contributed by atoms with Gasteiger partial charge in [-0.1, -0.05) is 17.4 Å². The molecule has 0 atom stereocenters. The molecule has 0 spiro atoms. The van der Waals surface area contributed by atoms with E-state index in [0.29, 0.717) is 15.6 Å². The Morgan fingerprint density at radius 1 is 1.25 bits per heavy atom. The van der Waals surface area contributed by atoms with Crippen molar-refractivity contribution in [2.75, 3.05) is 12.4 Å². The van der Waals surface area contributed by atoms with Crippen LogP contribution in [0.2, 0.25) is 0 Å². The number of nitrogens with one attached hydrogen (secondary N) is 1. The number of carbonyl (C=O) groups excluding carboxylic acids is 2. The number of aromatic nitrogens is 1. The number of amides is 1. The molecule has 0 bridgehead atoms. The van der Waals surface area contributed by atoms with E-state index in [9.17, 15) is 9.59 Å².